The van der Waals surface area contributed by atoms with Crippen LogP contribution >= 0.6 is 0 Å². The van der Waals surface area contributed by atoms with Crippen LogP contribution in [0.5, 0.6) is 0 Å². The molecule has 0 aromatic heterocycles. The minimum Gasteiger partial charge on any atom is -0.380 e. The average Bonchev–Trinajstić information content (AvgIpc) is 2.45. The molecule has 0 spiro atoms. The molecule has 0 bridgehead atoms. The first-order valence-corrected chi connectivity index (χ1v) is 7.21. The molecular formula is C16H28N2O. The van der Waals surface area contributed by atoms with Crippen molar-refractivity contribution in [3.63, 3.8) is 0 Å². The van der Waals surface area contributed by atoms with Crippen LogP contribution in [0, 0.1) is 0 Å². The number of benzene rings is 1. The normalized spacial score (nSPS) is 14.6. The Balaban J connectivity index is 2.88. The van der Waals surface area contributed by atoms with Gasteiger partial charge in [0.05, 0.1) is 6.61 Å². The summed E-state index contributed by atoms with van der Waals surface area (Å²) in [5.74, 6) is 0. The fourth-order valence-electron chi connectivity index (χ4n) is 2.54. The molecule has 3 nitrogen and oxygen atoms in total. The van der Waals surface area contributed by atoms with E-state index in [0.717, 1.165) is 13.0 Å². The van der Waals surface area contributed by atoms with E-state index in [1.54, 1.807) is 7.11 Å². The summed E-state index contributed by atoms with van der Waals surface area (Å²) in [5, 5.41) is 0. The van der Waals surface area contributed by atoms with Crippen LogP contribution in [0.4, 0.5) is 0 Å². The van der Waals surface area contributed by atoms with Crippen LogP contribution in [-0.2, 0) is 11.3 Å². The van der Waals surface area contributed by atoms with Gasteiger partial charge in [-0.1, -0.05) is 38.1 Å². The van der Waals surface area contributed by atoms with Gasteiger partial charge in [-0.2, -0.15) is 0 Å². The van der Waals surface area contributed by atoms with Crippen LogP contribution in [0.1, 0.15) is 44.4 Å². The molecule has 1 aromatic rings. The Hall–Kier alpha value is -0.900. The molecule has 0 amide bonds. The van der Waals surface area contributed by atoms with Crippen LogP contribution in [0.25, 0.3) is 0 Å². The van der Waals surface area contributed by atoms with Gasteiger partial charge in [-0.05, 0) is 31.0 Å². The van der Waals surface area contributed by atoms with Crippen molar-refractivity contribution in [3.05, 3.63) is 35.4 Å². The number of ether oxygens (including phenoxy) is 1. The summed E-state index contributed by atoms with van der Waals surface area (Å²) >= 11 is 0. The summed E-state index contributed by atoms with van der Waals surface area (Å²) in [7, 11) is 1.72. The van der Waals surface area contributed by atoms with E-state index < -0.39 is 0 Å². The summed E-state index contributed by atoms with van der Waals surface area (Å²) in [6, 6.07) is 9.47. The van der Waals surface area contributed by atoms with Gasteiger partial charge in [0.1, 0.15) is 0 Å². The topological polar surface area (TPSA) is 38.5 Å². The highest BCUT2D eigenvalue weighted by molar-refractivity contribution is 5.25. The Morgan fingerprint density at radius 3 is 2.26 bits per heavy atom. The number of likely N-dealkylation sites (N-methyl/N-ethyl adjacent to an activating group) is 1. The lowest BCUT2D eigenvalue weighted by Crippen LogP contribution is -2.39. The molecule has 2 unspecified atom stereocenters. The zero-order chi connectivity index (χ0) is 14.3. The van der Waals surface area contributed by atoms with E-state index in [0.29, 0.717) is 25.2 Å². The fraction of sp³-hybridized carbons (Fsp3) is 0.625. The van der Waals surface area contributed by atoms with Gasteiger partial charge >= 0.3 is 0 Å². The van der Waals surface area contributed by atoms with Crippen LogP contribution in [0.2, 0.25) is 0 Å². The average molecular weight is 264 g/mol. The van der Waals surface area contributed by atoms with Crippen molar-refractivity contribution >= 4 is 0 Å². The molecule has 1 rings (SSSR count). The quantitative estimate of drug-likeness (QED) is 0.784. The highest BCUT2D eigenvalue weighted by atomic mass is 16.5. The van der Waals surface area contributed by atoms with Crippen LogP contribution in [-0.4, -0.2) is 31.1 Å². The lowest BCUT2D eigenvalue weighted by molar-refractivity contribution is 0.152. The van der Waals surface area contributed by atoms with Gasteiger partial charge < -0.3 is 10.5 Å². The molecule has 0 saturated heterocycles. The molecule has 0 radical (unpaired) electrons. The first-order valence-electron chi connectivity index (χ1n) is 7.21. The summed E-state index contributed by atoms with van der Waals surface area (Å²) in [6.07, 6.45) is 1.14. The molecule has 0 saturated carbocycles. The molecule has 0 aliphatic carbocycles. The molecule has 0 aliphatic rings. The lowest BCUT2D eigenvalue weighted by atomic mass is 10.0. The third-order valence-electron chi connectivity index (χ3n) is 3.82. The molecule has 19 heavy (non-hydrogen) atoms. The Morgan fingerprint density at radius 2 is 1.84 bits per heavy atom. The molecule has 2 atom stereocenters. The molecule has 1 aromatic carbocycles. The van der Waals surface area contributed by atoms with Crippen molar-refractivity contribution in [3.8, 4) is 0 Å². The van der Waals surface area contributed by atoms with Crippen LogP contribution in [0.3, 0.4) is 0 Å². The van der Waals surface area contributed by atoms with Gasteiger partial charge in [-0.3, -0.25) is 4.90 Å². The number of rotatable bonds is 8. The maximum atomic E-state index is 6.00. The molecular weight excluding hydrogens is 236 g/mol. The second kappa shape index (κ2) is 8.31. The van der Waals surface area contributed by atoms with E-state index in [1.165, 1.54) is 11.1 Å². The second-order valence-electron chi connectivity index (χ2n) is 5.01. The monoisotopic (exact) mass is 264 g/mol. The van der Waals surface area contributed by atoms with Gasteiger partial charge in [0.25, 0.3) is 0 Å². The Labute approximate surface area is 117 Å². The first kappa shape index (κ1) is 16.2. The number of nitrogens with two attached hydrogens (primary N) is 1. The predicted molar refractivity (Wildman–Crippen MR) is 81.1 cm³/mol. The summed E-state index contributed by atoms with van der Waals surface area (Å²) in [4.78, 5) is 2.48. The van der Waals surface area contributed by atoms with Crippen molar-refractivity contribution in [1.82, 2.24) is 4.90 Å². The highest BCUT2D eigenvalue weighted by Crippen LogP contribution is 2.23. The van der Waals surface area contributed by atoms with Gasteiger partial charge in [0.2, 0.25) is 0 Å². The van der Waals surface area contributed by atoms with Gasteiger partial charge in [-0.25, -0.2) is 0 Å². The molecule has 0 heterocycles. The smallest absolute Gasteiger partial charge is 0.0713 e. The van der Waals surface area contributed by atoms with E-state index in [1.807, 2.05) is 0 Å². The zero-order valence-corrected chi connectivity index (χ0v) is 12.7. The van der Waals surface area contributed by atoms with E-state index in [2.05, 4.69) is 49.9 Å². The fourth-order valence-corrected chi connectivity index (χ4v) is 2.54. The second-order valence-corrected chi connectivity index (χ2v) is 5.01. The number of nitrogens with zero attached hydrogens (tertiary/aromatic N) is 1. The van der Waals surface area contributed by atoms with Crippen molar-refractivity contribution < 1.29 is 4.74 Å². The Bertz CT molecular complexity index is 350. The Kier molecular flexibility index (Phi) is 7.06. The van der Waals surface area contributed by atoms with Gasteiger partial charge in [0, 0.05) is 25.7 Å². The van der Waals surface area contributed by atoms with E-state index in [-0.39, 0.29) is 0 Å². The van der Waals surface area contributed by atoms with E-state index >= 15 is 0 Å². The van der Waals surface area contributed by atoms with Crippen molar-refractivity contribution in [1.29, 1.82) is 0 Å². The number of methoxy groups -OCH3 is 1. The third kappa shape index (κ3) is 4.30. The predicted octanol–water partition coefficient (Wildman–Crippen LogP) is 2.95. The van der Waals surface area contributed by atoms with Crippen molar-refractivity contribution in [2.24, 2.45) is 5.73 Å². The minimum absolute atomic E-state index is 0.302. The lowest BCUT2D eigenvalue weighted by Gasteiger charge is -2.35. The van der Waals surface area contributed by atoms with Crippen molar-refractivity contribution in [2.45, 2.75) is 45.9 Å². The highest BCUT2D eigenvalue weighted by Gasteiger charge is 2.21. The van der Waals surface area contributed by atoms with Crippen LogP contribution in [0.15, 0.2) is 24.3 Å². The van der Waals surface area contributed by atoms with Crippen molar-refractivity contribution in [2.75, 3.05) is 20.2 Å². The van der Waals surface area contributed by atoms with Crippen LogP contribution < -0.4 is 5.73 Å². The largest absolute Gasteiger partial charge is 0.380 e. The molecule has 3 heteroatoms. The number of hydrogen-bond donors (Lipinski definition) is 1. The Morgan fingerprint density at radius 1 is 1.21 bits per heavy atom. The summed E-state index contributed by atoms with van der Waals surface area (Å²) < 4.78 is 5.14. The third-order valence-corrected chi connectivity index (χ3v) is 3.82. The maximum absolute atomic E-state index is 6.00. The summed E-state index contributed by atoms with van der Waals surface area (Å²) in [5.41, 5.74) is 8.50. The van der Waals surface area contributed by atoms with Gasteiger partial charge in [-0.15, -0.1) is 0 Å². The van der Waals surface area contributed by atoms with E-state index in [9.17, 15) is 0 Å². The SMILES string of the molecule is CCC(C)N(CC)C(CN)c1ccc(COC)cc1. The maximum Gasteiger partial charge on any atom is 0.0713 e. The first-order chi connectivity index (χ1) is 9.17. The number of hydrogen-bond acceptors (Lipinski definition) is 3. The molecule has 0 aliphatic heterocycles. The summed E-state index contributed by atoms with van der Waals surface area (Å²) in [6.45, 7) is 9.04. The molecule has 108 valence electrons. The minimum atomic E-state index is 0.302. The van der Waals surface area contributed by atoms with E-state index in [4.69, 9.17) is 10.5 Å². The molecule has 0 fully saturated rings. The standard InChI is InChI=1S/C16H28N2O/c1-5-13(3)18(6-2)16(11-17)15-9-7-14(8-10-15)12-19-4/h7-10,13,16H,5-6,11-12,17H2,1-4H3. The van der Waals surface area contributed by atoms with Gasteiger partial charge in [0.15, 0.2) is 0 Å². The molecule has 2 N–H and O–H groups in total. The zero-order valence-electron chi connectivity index (χ0n) is 12.7.